The minimum atomic E-state index is -1.17. The molecular formula is C25H17ClN2O3S. The van der Waals surface area contributed by atoms with Gasteiger partial charge < -0.3 is 0 Å². The van der Waals surface area contributed by atoms with E-state index in [1.54, 1.807) is 36.4 Å². The Labute approximate surface area is 193 Å². The topological polar surface area (TPSA) is 67.3 Å². The van der Waals surface area contributed by atoms with Gasteiger partial charge in [0.1, 0.15) is 5.92 Å². The zero-order valence-electron chi connectivity index (χ0n) is 17.0. The molecule has 0 N–H and O–H groups in total. The summed E-state index contributed by atoms with van der Waals surface area (Å²) < 4.78 is 0.894. The number of carbonyl (C=O) groups is 3. The molecule has 1 aliphatic rings. The Bertz CT molecular complexity index is 1330. The highest BCUT2D eigenvalue weighted by molar-refractivity contribution is 7.22. The van der Waals surface area contributed by atoms with Crippen molar-refractivity contribution >= 4 is 55.8 Å². The van der Waals surface area contributed by atoms with E-state index in [9.17, 15) is 14.4 Å². The van der Waals surface area contributed by atoms with E-state index in [2.05, 4.69) is 4.98 Å². The zero-order valence-corrected chi connectivity index (χ0v) is 18.6. The van der Waals surface area contributed by atoms with Gasteiger partial charge in [0, 0.05) is 10.6 Å². The summed E-state index contributed by atoms with van der Waals surface area (Å²) in [5.74, 6) is -3.01. The van der Waals surface area contributed by atoms with Crippen LogP contribution in [-0.2, 0) is 9.59 Å². The Morgan fingerprint density at radius 1 is 0.969 bits per heavy atom. The molecule has 1 saturated heterocycles. The van der Waals surface area contributed by atoms with Gasteiger partial charge in [-0.2, -0.15) is 0 Å². The SMILES string of the molecule is Cc1ccc(C(=O)C2C(=O)C(=O)N(c3nc4ccccc4s3)C2c2ccc(Cl)cc2)cc1. The first-order valence-corrected chi connectivity index (χ1v) is 11.2. The van der Waals surface area contributed by atoms with Crippen molar-refractivity contribution < 1.29 is 14.4 Å². The quantitative estimate of drug-likeness (QED) is 0.232. The first-order chi connectivity index (χ1) is 15.4. The first-order valence-electron chi connectivity index (χ1n) is 10.0. The lowest BCUT2D eigenvalue weighted by Gasteiger charge is -2.25. The molecule has 158 valence electrons. The average molecular weight is 461 g/mol. The van der Waals surface area contributed by atoms with Crippen LogP contribution < -0.4 is 4.90 Å². The van der Waals surface area contributed by atoms with Crippen molar-refractivity contribution in [3.8, 4) is 0 Å². The van der Waals surface area contributed by atoms with E-state index in [1.165, 1.54) is 16.2 Å². The maximum atomic E-state index is 13.5. The molecule has 1 aliphatic heterocycles. The summed E-state index contributed by atoms with van der Waals surface area (Å²) in [5.41, 5.74) is 2.78. The second kappa shape index (κ2) is 7.97. The van der Waals surface area contributed by atoms with Crippen molar-refractivity contribution in [2.45, 2.75) is 13.0 Å². The van der Waals surface area contributed by atoms with Gasteiger partial charge >= 0.3 is 0 Å². The Morgan fingerprint density at radius 3 is 2.34 bits per heavy atom. The Hall–Kier alpha value is -3.35. The normalized spacial score (nSPS) is 18.5. The first kappa shape index (κ1) is 20.5. The predicted octanol–water partition coefficient (Wildman–Crippen LogP) is 5.41. The summed E-state index contributed by atoms with van der Waals surface area (Å²) in [6.07, 6.45) is 0. The maximum absolute atomic E-state index is 13.5. The third kappa shape index (κ3) is 3.42. The number of halogens is 1. The van der Waals surface area contributed by atoms with Crippen LogP contribution in [0.1, 0.15) is 27.5 Å². The molecule has 0 saturated carbocycles. The fraction of sp³-hybridized carbons (Fsp3) is 0.120. The number of nitrogens with zero attached hydrogens (tertiary/aromatic N) is 2. The van der Waals surface area contributed by atoms with Crippen LogP contribution in [0.3, 0.4) is 0 Å². The number of ketones is 2. The van der Waals surface area contributed by atoms with Crippen molar-refractivity contribution in [3.63, 3.8) is 0 Å². The fourth-order valence-corrected chi connectivity index (χ4v) is 5.13. The summed E-state index contributed by atoms with van der Waals surface area (Å²) in [6.45, 7) is 1.92. The summed E-state index contributed by atoms with van der Waals surface area (Å²) in [6, 6.07) is 20.6. The van der Waals surface area contributed by atoms with Crippen LogP contribution >= 0.6 is 22.9 Å². The highest BCUT2D eigenvalue weighted by Gasteiger charge is 2.53. The monoisotopic (exact) mass is 460 g/mol. The molecule has 2 atom stereocenters. The fourth-order valence-electron chi connectivity index (χ4n) is 4.00. The van der Waals surface area contributed by atoms with Gasteiger partial charge in [-0.1, -0.05) is 77.0 Å². The number of fused-ring (bicyclic) bond motifs is 1. The highest BCUT2D eigenvalue weighted by Crippen LogP contribution is 2.43. The molecule has 1 fully saturated rings. The smallest absolute Gasteiger partial charge is 0.293 e. The number of aryl methyl sites for hydroxylation is 1. The molecule has 0 aliphatic carbocycles. The van der Waals surface area contributed by atoms with E-state index < -0.39 is 23.7 Å². The number of benzene rings is 3. The highest BCUT2D eigenvalue weighted by atomic mass is 35.5. The molecule has 32 heavy (non-hydrogen) atoms. The number of carbonyl (C=O) groups excluding carboxylic acids is 3. The van der Waals surface area contributed by atoms with E-state index in [1.807, 2.05) is 43.3 Å². The van der Waals surface area contributed by atoms with E-state index in [0.29, 0.717) is 21.3 Å². The average Bonchev–Trinajstić information content (AvgIpc) is 3.33. The molecule has 5 nitrogen and oxygen atoms in total. The van der Waals surface area contributed by atoms with E-state index >= 15 is 0 Å². The standard InChI is InChI=1S/C25H17ClN2O3S/c1-14-6-8-16(9-7-14)22(29)20-21(15-10-12-17(26)13-11-15)28(24(31)23(20)30)25-27-18-4-2-3-5-19(18)32-25/h2-13,20-21H,1H3. The second-order valence-electron chi connectivity index (χ2n) is 7.71. The second-order valence-corrected chi connectivity index (χ2v) is 9.15. The van der Waals surface area contributed by atoms with Crippen LogP contribution in [-0.4, -0.2) is 22.5 Å². The Kier molecular flexibility index (Phi) is 5.12. The van der Waals surface area contributed by atoms with Gasteiger partial charge in [-0.05, 0) is 36.8 Å². The van der Waals surface area contributed by atoms with Crippen LogP contribution in [0.5, 0.6) is 0 Å². The van der Waals surface area contributed by atoms with Crippen LogP contribution in [0.15, 0.2) is 72.8 Å². The van der Waals surface area contributed by atoms with Crippen LogP contribution in [0, 0.1) is 12.8 Å². The summed E-state index contributed by atoms with van der Waals surface area (Å²) in [5, 5.41) is 0.918. The molecule has 1 aromatic heterocycles. The Balaban J connectivity index is 1.66. The molecular weight excluding hydrogens is 444 g/mol. The van der Waals surface area contributed by atoms with Gasteiger partial charge in [0.25, 0.3) is 5.91 Å². The number of para-hydroxylation sites is 1. The summed E-state index contributed by atoms with van der Waals surface area (Å²) in [7, 11) is 0. The molecule has 3 aromatic carbocycles. The maximum Gasteiger partial charge on any atom is 0.297 e. The lowest BCUT2D eigenvalue weighted by molar-refractivity contribution is -0.135. The third-order valence-corrected chi connectivity index (χ3v) is 6.91. The number of rotatable bonds is 4. The van der Waals surface area contributed by atoms with Gasteiger partial charge in [0.05, 0.1) is 16.3 Å². The molecule has 2 unspecified atom stereocenters. The van der Waals surface area contributed by atoms with Crippen molar-refractivity contribution in [2.24, 2.45) is 5.92 Å². The lowest BCUT2D eigenvalue weighted by Crippen LogP contribution is -2.30. The van der Waals surface area contributed by atoms with Crippen LogP contribution in [0.2, 0.25) is 5.02 Å². The summed E-state index contributed by atoms with van der Waals surface area (Å²) in [4.78, 5) is 45.8. The summed E-state index contributed by atoms with van der Waals surface area (Å²) >= 11 is 7.39. The van der Waals surface area contributed by atoms with E-state index in [-0.39, 0.29) is 5.78 Å². The van der Waals surface area contributed by atoms with E-state index in [0.717, 1.165) is 15.8 Å². The molecule has 1 amide bonds. The number of hydrogen-bond acceptors (Lipinski definition) is 5. The number of amides is 1. The van der Waals surface area contributed by atoms with Gasteiger partial charge in [0.2, 0.25) is 5.78 Å². The molecule has 7 heteroatoms. The Morgan fingerprint density at radius 2 is 1.66 bits per heavy atom. The zero-order chi connectivity index (χ0) is 22.4. The van der Waals surface area contributed by atoms with Gasteiger partial charge in [-0.15, -0.1) is 0 Å². The van der Waals surface area contributed by atoms with E-state index in [4.69, 9.17) is 11.6 Å². The number of hydrogen-bond donors (Lipinski definition) is 0. The van der Waals surface area contributed by atoms with Gasteiger partial charge in [-0.3, -0.25) is 19.3 Å². The van der Waals surface area contributed by atoms with Crippen molar-refractivity contribution in [3.05, 3.63) is 94.5 Å². The largest absolute Gasteiger partial charge is 0.297 e. The van der Waals surface area contributed by atoms with Gasteiger partial charge in [0.15, 0.2) is 10.9 Å². The van der Waals surface area contributed by atoms with Crippen LogP contribution in [0.25, 0.3) is 10.2 Å². The molecule has 4 aromatic rings. The molecule has 0 bridgehead atoms. The van der Waals surface area contributed by atoms with Crippen molar-refractivity contribution in [1.82, 2.24) is 4.98 Å². The number of Topliss-reactive ketones (excluding diaryl/α,β-unsaturated/α-hetero) is 2. The van der Waals surface area contributed by atoms with Gasteiger partial charge in [-0.25, -0.2) is 4.98 Å². The van der Waals surface area contributed by atoms with Crippen molar-refractivity contribution in [1.29, 1.82) is 0 Å². The predicted molar refractivity (Wildman–Crippen MR) is 125 cm³/mol. The number of aromatic nitrogens is 1. The third-order valence-electron chi connectivity index (χ3n) is 5.62. The molecule has 2 heterocycles. The molecule has 0 radical (unpaired) electrons. The minimum Gasteiger partial charge on any atom is -0.293 e. The van der Waals surface area contributed by atoms with Crippen LogP contribution in [0.4, 0.5) is 5.13 Å². The van der Waals surface area contributed by atoms with Crippen molar-refractivity contribution in [2.75, 3.05) is 4.90 Å². The molecule has 5 rings (SSSR count). The lowest BCUT2D eigenvalue weighted by atomic mass is 9.86. The number of anilines is 1. The molecule has 0 spiro atoms. The minimum absolute atomic E-state index is 0.382. The number of thiazole rings is 1.